The molecule has 0 bridgehead atoms. The highest BCUT2D eigenvalue weighted by Crippen LogP contribution is 2.24. The van der Waals surface area contributed by atoms with Crippen LogP contribution in [0.1, 0.15) is 11.6 Å². The van der Waals surface area contributed by atoms with Crippen LogP contribution in [0.25, 0.3) is 0 Å². The number of hydrogen-bond acceptors (Lipinski definition) is 5. The van der Waals surface area contributed by atoms with Crippen molar-refractivity contribution in [2.45, 2.75) is 6.04 Å². The van der Waals surface area contributed by atoms with Crippen molar-refractivity contribution in [3.8, 4) is 0 Å². The first kappa shape index (κ1) is 16.9. The Balaban J connectivity index is 2.18. The lowest BCUT2D eigenvalue weighted by Crippen LogP contribution is -2.50. The zero-order valence-electron chi connectivity index (χ0n) is 12.5. The third kappa shape index (κ3) is 3.82. The van der Waals surface area contributed by atoms with Crippen LogP contribution in [-0.4, -0.2) is 63.1 Å². The van der Waals surface area contributed by atoms with Gasteiger partial charge in [0.05, 0.1) is 13.4 Å². The van der Waals surface area contributed by atoms with Gasteiger partial charge in [0.2, 0.25) is 10.0 Å². The molecular weight excluding hydrogens is 311 g/mol. The number of hydrogen-bond donors (Lipinski definition) is 0. The van der Waals surface area contributed by atoms with E-state index in [2.05, 4.69) is 0 Å². The average Bonchev–Trinajstić information content (AvgIpc) is 2.49. The van der Waals surface area contributed by atoms with Crippen molar-refractivity contribution in [2.24, 2.45) is 0 Å². The number of halogens is 1. The van der Waals surface area contributed by atoms with E-state index in [-0.39, 0.29) is 5.82 Å². The van der Waals surface area contributed by atoms with Gasteiger partial charge in [-0.1, -0.05) is 12.1 Å². The van der Waals surface area contributed by atoms with Crippen LogP contribution in [0.15, 0.2) is 24.3 Å². The fourth-order valence-electron chi connectivity index (χ4n) is 2.55. The van der Waals surface area contributed by atoms with Gasteiger partial charge < -0.3 is 4.74 Å². The summed E-state index contributed by atoms with van der Waals surface area (Å²) >= 11 is 0. The molecule has 6 nitrogen and oxygen atoms in total. The summed E-state index contributed by atoms with van der Waals surface area (Å²) in [5, 5.41) is 0. The van der Waals surface area contributed by atoms with Gasteiger partial charge in [-0.05, 0) is 17.7 Å². The highest BCUT2D eigenvalue weighted by atomic mass is 32.2. The van der Waals surface area contributed by atoms with E-state index >= 15 is 0 Å². The minimum absolute atomic E-state index is 0.313. The second kappa shape index (κ2) is 6.72. The lowest BCUT2D eigenvalue weighted by atomic mass is 10.0. The van der Waals surface area contributed by atoms with Crippen LogP contribution in [0.2, 0.25) is 0 Å². The second-order valence-electron chi connectivity index (χ2n) is 5.18. The number of carbonyl (C=O) groups excluding carboxylic acids is 1. The van der Waals surface area contributed by atoms with E-state index in [4.69, 9.17) is 4.74 Å². The molecule has 1 atom stereocenters. The lowest BCUT2D eigenvalue weighted by molar-refractivity contribution is -0.147. The van der Waals surface area contributed by atoms with Gasteiger partial charge in [-0.2, -0.15) is 4.31 Å². The topological polar surface area (TPSA) is 66.9 Å². The Morgan fingerprint density at radius 2 is 1.73 bits per heavy atom. The Hall–Kier alpha value is -1.51. The van der Waals surface area contributed by atoms with Crippen LogP contribution in [0, 0.1) is 5.82 Å². The molecular formula is C14H19FN2O4S. The third-order valence-corrected chi connectivity index (χ3v) is 5.02. The van der Waals surface area contributed by atoms with Crippen molar-refractivity contribution >= 4 is 16.0 Å². The standard InChI is InChI=1S/C14H19FN2O4S/c1-21-14(18)13(11-3-5-12(15)6-4-11)16-7-9-17(10-8-16)22(2,19)20/h3-6,13H,7-10H2,1-2H3/t13-/m0/s1. The molecule has 0 spiro atoms. The molecule has 122 valence electrons. The molecule has 0 aromatic heterocycles. The van der Waals surface area contributed by atoms with Crippen molar-refractivity contribution < 1.29 is 22.3 Å². The molecule has 0 aliphatic carbocycles. The molecule has 0 radical (unpaired) electrons. The minimum Gasteiger partial charge on any atom is -0.468 e. The number of ether oxygens (including phenoxy) is 1. The number of rotatable bonds is 4. The summed E-state index contributed by atoms with van der Waals surface area (Å²) in [6.07, 6.45) is 1.17. The maximum Gasteiger partial charge on any atom is 0.327 e. The monoisotopic (exact) mass is 330 g/mol. The third-order valence-electron chi connectivity index (χ3n) is 3.72. The first-order chi connectivity index (χ1) is 10.3. The number of esters is 1. The van der Waals surface area contributed by atoms with Gasteiger partial charge in [0.15, 0.2) is 0 Å². The Morgan fingerprint density at radius 1 is 1.18 bits per heavy atom. The number of methoxy groups -OCH3 is 1. The minimum atomic E-state index is -3.23. The molecule has 2 rings (SSSR count). The molecule has 0 amide bonds. The van der Waals surface area contributed by atoms with E-state index in [0.717, 1.165) is 0 Å². The Labute approximate surface area is 129 Å². The molecule has 1 heterocycles. The molecule has 0 unspecified atom stereocenters. The van der Waals surface area contributed by atoms with Gasteiger partial charge in [0.1, 0.15) is 11.9 Å². The summed E-state index contributed by atoms with van der Waals surface area (Å²) < 4.78 is 42.3. The van der Waals surface area contributed by atoms with Crippen LogP contribution >= 0.6 is 0 Å². The van der Waals surface area contributed by atoms with Crippen LogP contribution in [0.4, 0.5) is 4.39 Å². The van der Waals surface area contributed by atoms with E-state index < -0.39 is 22.0 Å². The van der Waals surface area contributed by atoms with Crippen LogP contribution in [-0.2, 0) is 19.6 Å². The molecule has 1 aromatic rings. The molecule has 8 heteroatoms. The number of piperazine rings is 1. The quantitative estimate of drug-likeness (QED) is 0.757. The van der Waals surface area contributed by atoms with Crippen LogP contribution < -0.4 is 0 Å². The second-order valence-corrected chi connectivity index (χ2v) is 7.16. The summed E-state index contributed by atoms with van der Waals surface area (Å²) in [4.78, 5) is 13.9. The summed E-state index contributed by atoms with van der Waals surface area (Å²) in [5.74, 6) is -0.825. The van der Waals surface area contributed by atoms with Crippen molar-refractivity contribution in [3.63, 3.8) is 0 Å². The predicted molar refractivity (Wildman–Crippen MR) is 79.1 cm³/mol. The van der Waals surface area contributed by atoms with Crippen molar-refractivity contribution in [2.75, 3.05) is 39.5 Å². The summed E-state index contributed by atoms with van der Waals surface area (Å²) in [7, 11) is -1.93. The molecule has 0 N–H and O–H groups in total. The molecule has 0 saturated carbocycles. The van der Waals surface area contributed by atoms with Gasteiger partial charge in [-0.3, -0.25) is 4.90 Å². The highest BCUT2D eigenvalue weighted by Gasteiger charge is 2.33. The zero-order chi connectivity index (χ0) is 16.3. The Morgan fingerprint density at radius 3 is 2.18 bits per heavy atom. The fraction of sp³-hybridized carbons (Fsp3) is 0.500. The predicted octanol–water partition coefficient (Wildman–Crippen LogP) is 0.617. The van der Waals surface area contributed by atoms with Crippen LogP contribution in [0.3, 0.4) is 0 Å². The van der Waals surface area contributed by atoms with Gasteiger partial charge >= 0.3 is 5.97 Å². The maximum atomic E-state index is 13.1. The summed E-state index contributed by atoms with van der Waals surface area (Å²) in [6, 6.07) is 5.00. The maximum absolute atomic E-state index is 13.1. The average molecular weight is 330 g/mol. The first-order valence-corrected chi connectivity index (χ1v) is 8.70. The number of sulfonamides is 1. The van der Waals surface area contributed by atoms with Crippen molar-refractivity contribution in [1.29, 1.82) is 0 Å². The molecule has 1 aliphatic rings. The van der Waals surface area contributed by atoms with Crippen LogP contribution in [0.5, 0.6) is 0 Å². The largest absolute Gasteiger partial charge is 0.468 e. The van der Waals surface area contributed by atoms with E-state index in [0.29, 0.717) is 31.7 Å². The number of benzene rings is 1. The van der Waals surface area contributed by atoms with Gasteiger partial charge in [0.25, 0.3) is 0 Å². The zero-order valence-corrected chi connectivity index (χ0v) is 13.3. The summed E-state index contributed by atoms with van der Waals surface area (Å²) in [5.41, 5.74) is 0.626. The molecule has 1 aromatic carbocycles. The van der Waals surface area contributed by atoms with E-state index in [9.17, 15) is 17.6 Å². The first-order valence-electron chi connectivity index (χ1n) is 6.85. The Bertz CT molecular complexity index is 625. The van der Waals surface area contributed by atoms with E-state index in [1.54, 1.807) is 12.1 Å². The molecule has 1 aliphatic heterocycles. The number of carbonyl (C=O) groups is 1. The van der Waals surface area contributed by atoms with Gasteiger partial charge in [0, 0.05) is 26.2 Å². The smallest absolute Gasteiger partial charge is 0.327 e. The normalized spacial score (nSPS) is 18.9. The van der Waals surface area contributed by atoms with E-state index in [1.165, 1.54) is 29.8 Å². The Kier molecular flexibility index (Phi) is 5.15. The molecule has 1 fully saturated rings. The summed E-state index contributed by atoms with van der Waals surface area (Å²) in [6.45, 7) is 1.44. The fourth-order valence-corrected chi connectivity index (χ4v) is 3.37. The molecule has 1 saturated heterocycles. The SMILES string of the molecule is COC(=O)[C@H](c1ccc(F)cc1)N1CCN(S(C)(=O)=O)CC1. The van der Waals surface area contributed by atoms with Crippen molar-refractivity contribution in [1.82, 2.24) is 9.21 Å². The molecule has 22 heavy (non-hydrogen) atoms. The van der Waals surface area contributed by atoms with Gasteiger partial charge in [-0.25, -0.2) is 17.6 Å². The van der Waals surface area contributed by atoms with E-state index in [1.807, 2.05) is 4.90 Å². The van der Waals surface area contributed by atoms with Crippen molar-refractivity contribution in [3.05, 3.63) is 35.6 Å². The highest BCUT2D eigenvalue weighted by molar-refractivity contribution is 7.88. The van der Waals surface area contributed by atoms with Gasteiger partial charge in [-0.15, -0.1) is 0 Å². The number of nitrogens with zero attached hydrogens (tertiary/aromatic N) is 2. The lowest BCUT2D eigenvalue weighted by Gasteiger charge is -2.37.